The van der Waals surface area contributed by atoms with Crippen molar-refractivity contribution in [1.29, 1.82) is 0 Å². The molecule has 0 amide bonds. The van der Waals surface area contributed by atoms with Gasteiger partial charge in [-0.25, -0.2) is 0 Å². The average molecular weight is 301 g/mol. The Morgan fingerprint density at radius 3 is 2.25 bits per heavy atom. The van der Waals surface area contributed by atoms with E-state index in [0.29, 0.717) is 0 Å². The molecule has 0 saturated carbocycles. The summed E-state index contributed by atoms with van der Waals surface area (Å²) < 4.78 is 0. The van der Waals surface area contributed by atoms with Gasteiger partial charge < -0.3 is 11.1 Å². The fourth-order valence-electron chi connectivity index (χ4n) is 1.81. The molecule has 3 rings (SSSR count). The zero-order chi connectivity index (χ0) is 13.8. The molecule has 5 heteroatoms. The monoisotopic (exact) mass is 301 g/mol. The predicted molar refractivity (Wildman–Crippen MR) is 89.8 cm³/mol. The summed E-state index contributed by atoms with van der Waals surface area (Å²) in [4.78, 5) is 6.78. The molecule has 1 aliphatic heterocycles. The molecule has 0 radical (unpaired) electrons. The van der Waals surface area contributed by atoms with Crippen LogP contribution in [-0.2, 0) is 0 Å². The summed E-state index contributed by atoms with van der Waals surface area (Å²) in [6, 6.07) is 16.3. The number of hydrogen-bond donors (Lipinski definition) is 2. The van der Waals surface area contributed by atoms with Gasteiger partial charge in [0.25, 0.3) is 0 Å². The van der Waals surface area contributed by atoms with Gasteiger partial charge in [-0.3, -0.25) is 4.99 Å². The minimum atomic E-state index is 0.795. The molecule has 2 aromatic carbocycles. The summed E-state index contributed by atoms with van der Waals surface area (Å²) in [5.74, 6) is 1.08. The third-order valence-electron chi connectivity index (χ3n) is 2.81. The highest BCUT2D eigenvalue weighted by Gasteiger charge is 2.06. The standard InChI is InChI=1S/C15H15N3S2/c16-11-1-5-13(6-2-11)20-14-7-3-12(4-8-14)18-15-17-9-10-19-15/h1-8H,9-10,16H2,(H,17,18). The van der Waals surface area contributed by atoms with Crippen molar-refractivity contribution in [3.63, 3.8) is 0 Å². The van der Waals surface area contributed by atoms with Crippen LogP contribution in [0.15, 0.2) is 63.3 Å². The molecule has 0 unspecified atom stereocenters. The second-order valence-electron chi connectivity index (χ2n) is 4.36. The van der Waals surface area contributed by atoms with E-state index in [0.717, 1.165) is 28.8 Å². The predicted octanol–water partition coefficient (Wildman–Crippen LogP) is 3.93. The second kappa shape index (κ2) is 6.24. The molecule has 2 aromatic rings. The molecule has 0 fully saturated rings. The largest absolute Gasteiger partial charge is 0.399 e. The Morgan fingerprint density at radius 1 is 1.00 bits per heavy atom. The summed E-state index contributed by atoms with van der Waals surface area (Å²) in [5.41, 5.74) is 7.57. The van der Waals surface area contributed by atoms with Gasteiger partial charge in [-0.1, -0.05) is 23.5 Å². The molecule has 0 bridgehead atoms. The van der Waals surface area contributed by atoms with Crippen LogP contribution in [0.3, 0.4) is 0 Å². The lowest BCUT2D eigenvalue weighted by atomic mass is 10.3. The van der Waals surface area contributed by atoms with Gasteiger partial charge in [0.1, 0.15) is 0 Å². The van der Waals surface area contributed by atoms with E-state index < -0.39 is 0 Å². The number of nitrogen functional groups attached to an aromatic ring is 1. The van der Waals surface area contributed by atoms with Crippen LogP contribution in [-0.4, -0.2) is 17.5 Å². The van der Waals surface area contributed by atoms with Gasteiger partial charge >= 0.3 is 0 Å². The maximum atomic E-state index is 5.69. The molecule has 0 spiro atoms. The molecule has 0 saturated heterocycles. The van der Waals surface area contributed by atoms with Crippen molar-refractivity contribution in [2.45, 2.75) is 9.79 Å². The van der Waals surface area contributed by atoms with Crippen molar-refractivity contribution in [3.8, 4) is 0 Å². The van der Waals surface area contributed by atoms with E-state index in [-0.39, 0.29) is 0 Å². The van der Waals surface area contributed by atoms with Gasteiger partial charge in [0, 0.05) is 26.9 Å². The van der Waals surface area contributed by atoms with Crippen molar-refractivity contribution in [3.05, 3.63) is 48.5 Å². The number of rotatable bonds is 3. The molecular formula is C15H15N3S2. The van der Waals surface area contributed by atoms with Gasteiger partial charge in [0.05, 0.1) is 6.54 Å². The van der Waals surface area contributed by atoms with Crippen molar-refractivity contribution in [2.75, 3.05) is 23.3 Å². The molecule has 1 aliphatic rings. The molecule has 20 heavy (non-hydrogen) atoms. The Balaban J connectivity index is 1.65. The number of hydrogen-bond acceptors (Lipinski definition) is 5. The van der Waals surface area contributed by atoms with Crippen molar-refractivity contribution in [1.82, 2.24) is 0 Å². The van der Waals surface area contributed by atoms with Crippen LogP contribution in [0, 0.1) is 0 Å². The Hall–Kier alpha value is -1.59. The minimum Gasteiger partial charge on any atom is -0.399 e. The molecule has 1 heterocycles. The zero-order valence-electron chi connectivity index (χ0n) is 10.9. The Morgan fingerprint density at radius 2 is 1.65 bits per heavy atom. The molecular weight excluding hydrogens is 286 g/mol. The molecule has 102 valence electrons. The number of nitrogens with zero attached hydrogens (tertiary/aromatic N) is 1. The SMILES string of the molecule is Nc1ccc(Sc2ccc(NC3=NCCS3)cc2)cc1. The minimum absolute atomic E-state index is 0.795. The van der Waals surface area contributed by atoms with E-state index >= 15 is 0 Å². The molecule has 3 nitrogen and oxygen atoms in total. The summed E-state index contributed by atoms with van der Waals surface area (Å²) in [5, 5.41) is 4.34. The van der Waals surface area contributed by atoms with Gasteiger partial charge in [-0.2, -0.15) is 0 Å². The van der Waals surface area contributed by atoms with E-state index in [1.54, 1.807) is 23.5 Å². The Labute approximate surface area is 127 Å². The van der Waals surface area contributed by atoms with E-state index in [4.69, 9.17) is 5.73 Å². The lowest BCUT2D eigenvalue weighted by molar-refractivity contribution is 1.17. The number of amidine groups is 1. The number of anilines is 2. The second-order valence-corrected chi connectivity index (χ2v) is 6.59. The average Bonchev–Trinajstić information content (AvgIpc) is 2.96. The number of thioether (sulfide) groups is 1. The maximum Gasteiger partial charge on any atom is 0.161 e. The fourth-order valence-corrected chi connectivity index (χ4v) is 3.38. The topological polar surface area (TPSA) is 50.4 Å². The molecule has 0 aliphatic carbocycles. The molecule has 0 atom stereocenters. The first-order valence-corrected chi connectivity index (χ1v) is 8.17. The smallest absolute Gasteiger partial charge is 0.161 e. The first-order valence-electron chi connectivity index (χ1n) is 6.37. The first-order chi connectivity index (χ1) is 9.79. The maximum absolute atomic E-state index is 5.69. The molecule has 3 N–H and O–H groups in total. The first kappa shape index (κ1) is 13.4. The van der Waals surface area contributed by atoms with Crippen molar-refractivity contribution >= 4 is 40.1 Å². The third-order valence-corrected chi connectivity index (χ3v) is 4.71. The number of benzene rings is 2. The number of aliphatic imine (C=N–C) groups is 1. The quantitative estimate of drug-likeness (QED) is 0.843. The van der Waals surface area contributed by atoms with Crippen molar-refractivity contribution in [2.24, 2.45) is 4.99 Å². The van der Waals surface area contributed by atoms with E-state index in [2.05, 4.69) is 34.6 Å². The summed E-state index contributed by atoms with van der Waals surface area (Å²) in [7, 11) is 0. The third kappa shape index (κ3) is 3.49. The van der Waals surface area contributed by atoms with E-state index in [1.807, 2.05) is 24.3 Å². The van der Waals surface area contributed by atoms with Crippen LogP contribution >= 0.6 is 23.5 Å². The normalized spacial score (nSPS) is 14.1. The molecule has 0 aromatic heterocycles. The van der Waals surface area contributed by atoms with Crippen molar-refractivity contribution < 1.29 is 0 Å². The highest BCUT2D eigenvalue weighted by atomic mass is 32.2. The van der Waals surface area contributed by atoms with Crippen LogP contribution in [0.5, 0.6) is 0 Å². The summed E-state index contributed by atoms with van der Waals surface area (Å²) in [6.07, 6.45) is 0. The zero-order valence-corrected chi connectivity index (χ0v) is 12.5. The lowest BCUT2D eigenvalue weighted by Gasteiger charge is -2.06. The summed E-state index contributed by atoms with van der Waals surface area (Å²) in [6.45, 7) is 0.915. The van der Waals surface area contributed by atoms with Crippen LogP contribution in [0.4, 0.5) is 11.4 Å². The van der Waals surface area contributed by atoms with Crippen LogP contribution in [0.1, 0.15) is 0 Å². The van der Waals surface area contributed by atoms with Gasteiger partial charge in [0.15, 0.2) is 5.17 Å². The van der Waals surface area contributed by atoms with E-state index in [9.17, 15) is 0 Å². The van der Waals surface area contributed by atoms with Gasteiger partial charge in [-0.15, -0.1) is 0 Å². The Kier molecular flexibility index (Phi) is 4.18. The van der Waals surface area contributed by atoms with Gasteiger partial charge in [0.2, 0.25) is 0 Å². The fraction of sp³-hybridized carbons (Fsp3) is 0.133. The van der Waals surface area contributed by atoms with Crippen LogP contribution < -0.4 is 11.1 Å². The number of nitrogens with two attached hydrogens (primary N) is 1. The number of nitrogens with one attached hydrogen (secondary N) is 1. The lowest BCUT2D eigenvalue weighted by Crippen LogP contribution is -2.04. The Bertz CT molecular complexity index is 606. The highest BCUT2D eigenvalue weighted by Crippen LogP contribution is 2.29. The van der Waals surface area contributed by atoms with Crippen LogP contribution in [0.25, 0.3) is 0 Å². The highest BCUT2D eigenvalue weighted by molar-refractivity contribution is 8.14. The summed E-state index contributed by atoms with van der Waals surface area (Å²) >= 11 is 3.50. The van der Waals surface area contributed by atoms with E-state index in [1.165, 1.54) is 9.79 Å². The van der Waals surface area contributed by atoms with Crippen LogP contribution in [0.2, 0.25) is 0 Å². The van der Waals surface area contributed by atoms with Gasteiger partial charge in [-0.05, 0) is 48.5 Å².